The van der Waals surface area contributed by atoms with Crippen molar-refractivity contribution in [2.75, 3.05) is 0 Å². The molecule has 0 aliphatic carbocycles. The van der Waals surface area contributed by atoms with Gasteiger partial charge < -0.3 is 0 Å². The number of rotatable bonds is 1. The number of nitrogens with zero attached hydrogens (tertiary/aromatic N) is 2. The van der Waals surface area contributed by atoms with Crippen LogP contribution < -0.4 is 0 Å². The van der Waals surface area contributed by atoms with E-state index >= 15 is 0 Å². The molecule has 4 amide bonds. The van der Waals surface area contributed by atoms with Crippen LogP contribution in [0.25, 0.3) is 0 Å². The molecule has 3 fully saturated rings. The minimum Gasteiger partial charge on any atom is -0.274 e. The molecule has 16 heavy (non-hydrogen) atoms. The smallest absolute Gasteiger partial charge is 0.274 e. The molecule has 3 heterocycles. The molecule has 0 unspecified atom stereocenters. The molecule has 0 spiro atoms. The average molecular weight is 216 g/mol. The maximum absolute atomic E-state index is 11.5. The second-order valence-corrected chi connectivity index (χ2v) is 3.77. The summed E-state index contributed by atoms with van der Waals surface area (Å²) >= 11 is 0. The maximum Gasteiger partial charge on any atom is 0.337 e. The normalized spacial score (nSPS) is 20.1. The van der Waals surface area contributed by atoms with E-state index in [-0.39, 0.29) is 6.42 Å². The topological polar surface area (TPSA) is 57.7 Å². The van der Waals surface area contributed by atoms with E-state index in [0.717, 1.165) is 15.4 Å². The van der Waals surface area contributed by atoms with Gasteiger partial charge in [-0.25, -0.2) is 14.6 Å². The molecular weight excluding hydrogens is 208 g/mol. The van der Waals surface area contributed by atoms with E-state index in [0.29, 0.717) is 0 Å². The number of imide groups is 2. The van der Waals surface area contributed by atoms with Crippen molar-refractivity contribution in [2.45, 2.75) is 12.6 Å². The monoisotopic (exact) mass is 216 g/mol. The van der Waals surface area contributed by atoms with Gasteiger partial charge in [0, 0.05) is 0 Å². The molecule has 2 bridgehead atoms. The number of benzene rings is 1. The fourth-order valence-electron chi connectivity index (χ4n) is 2.09. The molecule has 0 atom stereocenters. The second kappa shape index (κ2) is 2.91. The summed E-state index contributed by atoms with van der Waals surface area (Å²) in [5.74, 6) is -0.822. The molecule has 4 rings (SSSR count). The number of hydrogen-bond acceptors (Lipinski definition) is 3. The van der Waals surface area contributed by atoms with Crippen molar-refractivity contribution in [3.05, 3.63) is 35.9 Å². The van der Waals surface area contributed by atoms with Crippen molar-refractivity contribution >= 4 is 17.8 Å². The number of barbiturate groups is 1. The number of fused-ring (bicyclic) bond motifs is 2. The van der Waals surface area contributed by atoms with Crippen molar-refractivity contribution in [3.63, 3.8) is 0 Å². The lowest BCUT2D eigenvalue weighted by Crippen LogP contribution is -2.70. The van der Waals surface area contributed by atoms with Crippen LogP contribution in [-0.2, 0) is 9.59 Å². The van der Waals surface area contributed by atoms with Crippen LogP contribution in [-0.4, -0.2) is 27.6 Å². The Balaban J connectivity index is 2.03. The third-order valence-corrected chi connectivity index (χ3v) is 2.84. The summed E-state index contributed by atoms with van der Waals surface area (Å²) in [6.07, 6.45) is -0.725. The predicted molar refractivity (Wildman–Crippen MR) is 52.9 cm³/mol. The molecule has 3 aliphatic rings. The van der Waals surface area contributed by atoms with Gasteiger partial charge in [-0.15, -0.1) is 0 Å². The van der Waals surface area contributed by atoms with Crippen LogP contribution in [0.15, 0.2) is 30.3 Å². The summed E-state index contributed by atoms with van der Waals surface area (Å²) < 4.78 is 0. The molecular formula is C11H8N2O3. The SMILES string of the molecule is O=C1CC(=O)N2C(=O)N1C2c1ccccc1. The van der Waals surface area contributed by atoms with Crippen molar-refractivity contribution in [1.82, 2.24) is 9.80 Å². The fourth-order valence-corrected chi connectivity index (χ4v) is 2.09. The highest BCUT2D eigenvalue weighted by Crippen LogP contribution is 2.40. The predicted octanol–water partition coefficient (Wildman–Crippen LogP) is 0.880. The van der Waals surface area contributed by atoms with Gasteiger partial charge in [0.25, 0.3) is 0 Å². The Hall–Kier alpha value is -2.17. The lowest BCUT2D eigenvalue weighted by Gasteiger charge is -2.51. The molecule has 3 saturated heterocycles. The van der Waals surface area contributed by atoms with Crippen molar-refractivity contribution in [2.24, 2.45) is 0 Å². The van der Waals surface area contributed by atoms with Crippen LogP contribution >= 0.6 is 0 Å². The number of carbonyl (C=O) groups is 3. The number of hydrogen-bond donors (Lipinski definition) is 0. The standard InChI is InChI=1S/C11H8N2O3/c14-8-6-9(15)13-10(12(8)11(13)16)7-4-2-1-3-5-7/h1-5,10H,6H2. The third-order valence-electron chi connectivity index (χ3n) is 2.84. The van der Waals surface area contributed by atoms with E-state index < -0.39 is 24.0 Å². The first-order valence-electron chi connectivity index (χ1n) is 4.93. The quantitative estimate of drug-likeness (QED) is 0.655. The zero-order chi connectivity index (χ0) is 11.3. The van der Waals surface area contributed by atoms with Crippen molar-refractivity contribution in [3.8, 4) is 0 Å². The summed E-state index contributed by atoms with van der Waals surface area (Å²) in [7, 11) is 0. The Bertz CT molecular complexity index is 458. The highest BCUT2D eigenvalue weighted by Gasteiger charge is 2.56. The lowest BCUT2D eigenvalue weighted by molar-refractivity contribution is -0.163. The van der Waals surface area contributed by atoms with Gasteiger partial charge in [0.15, 0.2) is 6.17 Å². The van der Waals surface area contributed by atoms with Crippen LogP contribution in [0.2, 0.25) is 0 Å². The van der Waals surface area contributed by atoms with Gasteiger partial charge in [-0.05, 0) is 5.56 Å². The van der Waals surface area contributed by atoms with E-state index in [1.165, 1.54) is 0 Å². The third kappa shape index (κ3) is 0.970. The molecule has 5 nitrogen and oxygen atoms in total. The Morgan fingerprint density at radius 1 is 0.938 bits per heavy atom. The zero-order valence-corrected chi connectivity index (χ0v) is 8.29. The Morgan fingerprint density at radius 3 is 2.00 bits per heavy atom. The molecule has 80 valence electrons. The highest BCUT2D eigenvalue weighted by atomic mass is 16.2. The van der Waals surface area contributed by atoms with E-state index in [4.69, 9.17) is 0 Å². The van der Waals surface area contributed by atoms with E-state index in [2.05, 4.69) is 0 Å². The molecule has 3 aliphatic heterocycles. The molecule has 1 aromatic rings. The summed E-state index contributed by atoms with van der Waals surface area (Å²) in [6, 6.07) is 8.55. The molecule has 5 heteroatoms. The van der Waals surface area contributed by atoms with E-state index in [9.17, 15) is 14.4 Å². The summed E-state index contributed by atoms with van der Waals surface area (Å²) in [4.78, 5) is 36.7. The number of amides is 4. The molecule has 0 aromatic heterocycles. The molecule has 1 aromatic carbocycles. The van der Waals surface area contributed by atoms with Gasteiger partial charge in [-0.2, -0.15) is 0 Å². The van der Waals surface area contributed by atoms with Crippen LogP contribution in [0.4, 0.5) is 4.79 Å². The average Bonchev–Trinajstić information content (AvgIpc) is 2.26. The Labute approximate surface area is 91.2 Å². The van der Waals surface area contributed by atoms with Gasteiger partial charge in [0.1, 0.15) is 6.42 Å². The number of urea groups is 1. The summed E-state index contributed by atoms with van der Waals surface area (Å²) in [5.41, 5.74) is 0.781. The first-order valence-corrected chi connectivity index (χ1v) is 4.93. The van der Waals surface area contributed by atoms with Gasteiger partial charge in [-0.3, -0.25) is 9.59 Å². The van der Waals surface area contributed by atoms with Crippen molar-refractivity contribution < 1.29 is 14.4 Å². The second-order valence-electron chi connectivity index (χ2n) is 3.77. The zero-order valence-electron chi connectivity index (χ0n) is 8.29. The van der Waals surface area contributed by atoms with Gasteiger partial charge in [-0.1, -0.05) is 30.3 Å². The maximum atomic E-state index is 11.5. The fraction of sp³-hybridized carbons (Fsp3) is 0.182. The summed E-state index contributed by atoms with van der Waals surface area (Å²) in [6.45, 7) is 0. The van der Waals surface area contributed by atoms with Gasteiger partial charge >= 0.3 is 6.03 Å². The van der Waals surface area contributed by atoms with E-state index in [1.807, 2.05) is 18.2 Å². The largest absolute Gasteiger partial charge is 0.337 e. The van der Waals surface area contributed by atoms with Crippen molar-refractivity contribution in [1.29, 1.82) is 0 Å². The van der Waals surface area contributed by atoms with Crippen LogP contribution in [0.1, 0.15) is 18.2 Å². The number of carbonyl (C=O) groups excluding carboxylic acids is 3. The van der Waals surface area contributed by atoms with Gasteiger partial charge in [0.2, 0.25) is 11.8 Å². The van der Waals surface area contributed by atoms with Crippen LogP contribution in [0.5, 0.6) is 0 Å². The lowest BCUT2D eigenvalue weighted by atomic mass is 10.0. The van der Waals surface area contributed by atoms with Crippen LogP contribution in [0, 0.1) is 0 Å². The first kappa shape index (κ1) is 9.08. The first-order chi connectivity index (χ1) is 7.70. The highest BCUT2D eigenvalue weighted by molar-refractivity contribution is 6.18. The minimum absolute atomic E-state index is 0.199. The Kier molecular flexibility index (Phi) is 1.65. The van der Waals surface area contributed by atoms with Gasteiger partial charge in [0.05, 0.1) is 0 Å². The Morgan fingerprint density at radius 2 is 1.50 bits per heavy atom. The van der Waals surface area contributed by atoms with Crippen LogP contribution in [0.3, 0.4) is 0 Å². The summed E-state index contributed by atoms with van der Waals surface area (Å²) in [5, 5.41) is 0. The van der Waals surface area contributed by atoms with E-state index in [1.54, 1.807) is 12.1 Å². The minimum atomic E-state index is -0.526. The molecule has 0 saturated carbocycles. The molecule has 0 N–H and O–H groups in total. The molecule has 0 radical (unpaired) electrons.